The number of carbonyl (C=O) groups is 2. The Morgan fingerprint density at radius 3 is 2.97 bits per heavy atom. The Labute approximate surface area is 176 Å². The van der Waals surface area contributed by atoms with Gasteiger partial charge in [-0.2, -0.15) is 0 Å². The van der Waals surface area contributed by atoms with E-state index < -0.39 is 0 Å². The topological polar surface area (TPSA) is 80.8 Å². The molecule has 0 bridgehead atoms. The van der Waals surface area contributed by atoms with E-state index in [1.165, 1.54) is 0 Å². The largest absolute Gasteiger partial charge is 0.488 e. The van der Waals surface area contributed by atoms with Gasteiger partial charge < -0.3 is 19.7 Å². The summed E-state index contributed by atoms with van der Waals surface area (Å²) in [6, 6.07) is 5.83. The van der Waals surface area contributed by atoms with Crippen LogP contribution in [0.5, 0.6) is 5.75 Å². The van der Waals surface area contributed by atoms with Crippen LogP contribution in [0.2, 0.25) is 0 Å². The van der Waals surface area contributed by atoms with Gasteiger partial charge in [-0.3, -0.25) is 4.79 Å². The van der Waals surface area contributed by atoms with Gasteiger partial charge in [0.1, 0.15) is 19.0 Å². The zero-order valence-corrected chi connectivity index (χ0v) is 17.8. The molecule has 9 heteroatoms. The number of amides is 2. The lowest BCUT2D eigenvalue weighted by Crippen LogP contribution is -2.35. The van der Waals surface area contributed by atoms with Crippen LogP contribution < -0.4 is 10.1 Å². The summed E-state index contributed by atoms with van der Waals surface area (Å²) < 4.78 is 11.9. The molecule has 0 unspecified atom stereocenters. The van der Waals surface area contributed by atoms with Gasteiger partial charge in [-0.1, -0.05) is 0 Å². The second-order valence-electron chi connectivity index (χ2n) is 6.70. The van der Waals surface area contributed by atoms with E-state index in [9.17, 15) is 9.59 Å². The Morgan fingerprint density at radius 1 is 1.38 bits per heavy atom. The van der Waals surface area contributed by atoms with Gasteiger partial charge in [0.05, 0.1) is 28.2 Å². The van der Waals surface area contributed by atoms with E-state index in [1.807, 2.05) is 37.6 Å². The maximum Gasteiger partial charge on any atom is 0.409 e. The van der Waals surface area contributed by atoms with Gasteiger partial charge in [0.2, 0.25) is 0 Å². The fourth-order valence-corrected chi connectivity index (χ4v) is 4.94. The summed E-state index contributed by atoms with van der Waals surface area (Å²) >= 11 is 3.15. The lowest BCUT2D eigenvalue weighted by molar-refractivity contribution is 0.0950. The number of aromatic nitrogens is 1. The van der Waals surface area contributed by atoms with Gasteiger partial charge in [0.25, 0.3) is 5.91 Å². The molecule has 0 aliphatic carbocycles. The van der Waals surface area contributed by atoms with Crippen molar-refractivity contribution in [3.63, 3.8) is 0 Å². The number of thiophene rings is 1. The molecule has 0 spiro atoms. The third-order valence-corrected chi connectivity index (χ3v) is 6.78. The normalized spacial score (nSPS) is 13.7. The highest BCUT2D eigenvalue weighted by molar-refractivity contribution is 7.19. The minimum absolute atomic E-state index is 0.142. The Hall–Kier alpha value is -2.65. The molecule has 2 aromatic heterocycles. The highest BCUT2D eigenvalue weighted by atomic mass is 32.1. The van der Waals surface area contributed by atoms with Gasteiger partial charge in [-0.15, -0.1) is 22.7 Å². The maximum atomic E-state index is 12.8. The summed E-state index contributed by atoms with van der Waals surface area (Å²) in [7, 11) is 0. The summed E-state index contributed by atoms with van der Waals surface area (Å²) in [6.45, 7) is 6.15. The predicted molar refractivity (Wildman–Crippen MR) is 113 cm³/mol. The minimum atomic E-state index is -0.325. The van der Waals surface area contributed by atoms with Crippen LogP contribution in [0.4, 0.5) is 4.79 Å². The standard InChI is InChI=1S/C20H21N3O4S2/c1-12-17(28-11-22-12)10-27-14-3-4-16-15(9-14)18(13(2)29-16)19(24)21-5-6-23-7-8-26-20(23)25/h3-4,9,11H,5-8,10H2,1-2H3,(H,21,24). The van der Waals surface area contributed by atoms with Crippen molar-refractivity contribution >= 4 is 44.8 Å². The number of ether oxygens (including phenoxy) is 2. The molecule has 152 valence electrons. The van der Waals surface area contributed by atoms with Gasteiger partial charge >= 0.3 is 6.09 Å². The van der Waals surface area contributed by atoms with E-state index in [0.29, 0.717) is 38.4 Å². The number of hydrogen-bond acceptors (Lipinski definition) is 7. The second kappa shape index (κ2) is 8.38. The molecule has 1 N–H and O–H groups in total. The summed E-state index contributed by atoms with van der Waals surface area (Å²) in [4.78, 5) is 32.2. The number of fused-ring (bicyclic) bond motifs is 1. The van der Waals surface area contributed by atoms with Crippen molar-refractivity contribution in [2.45, 2.75) is 20.5 Å². The van der Waals surface area contributed by atoms with Crippen molar-refractivity contribution in [3.05, 3.63) is 44.7 Å². The molecule has 2 amide bonds. The SMILES string of the molecule is Cc1ncsc1COc1ccc2sc(C)c(C(=O)NCCN3CCOC3=O)c2c1. The number of benzene rings is 1. The Kier molecular flexibility index (Phi) is 5.68. The molecule has 7 nitrogen and oxygen atoms in total. The van der Waals surface area contributed by atoms with Crippen molar-refractivity contribution in [2.24, 2.45) is 0 Å². The van der Waals surface area contributed by atoms with Crippen LogP contribution in [0.3, 0.4) is 0 Å². The van der Waals surface area contributed by atoms with Crippen molar-refractivity contribution in [1.82, 2.24) is 15.2 Å². The molecule has 0 saturated carbocycles. The van der Waals surface area contributed by atoms with Crippen LogP contribution in [-0.2, 0) is 11.3 Å². The molecule has 0 radical (unpaired) electrons. The molecular weight excluding hydrogens is 410 g/mol. The first-order chi connectivity index (χ1) is 14.0. The van der Waals surface area contributed by atoms with Crippen molar-refractivity contribution < 1.29 is 19.1 Å². The first-order valence-corrected chi connectivity index (χ1v) is 11.0. The molecule has 0 atom stereocenters. The smallest absolute Gasteiger partial charge is 0.409 e. The molecule has 1 saturated heterocycles. The monoisotopic (exact) mass is 431 g/mol. The molecule has 1 aliphatic rings. The number of aryl methyl sites for hydroxylation is 2. The minimum Gasteiger partial charge on any atom is -0.488 e. The molecule has 3 heterocycles. The molecule has 29 heavy (non-hydrogen) atoms. The zero-order valence-electron chi connectivity index (χ0n) is 16.2. The van der Waals surface area contributed by atoms with E-state index in [1.54, 1.807) is 27.6 Å². The van der Waals surface area contributed by atoms with Gasteiger partial charge in [-0.05, 0) is 32.0 Å². The fraction of sp³-hybridized carbons (Fsp3) is 0.350. The van der Waals surface area contributed by atoms with Crippen LogP contribution in [0.15, 0.2) is 23.7 Å². The number of nitrogens with zero attached hydrogens (tertiary/aromatic N) is 2. The second-order valence-corrected chi connectivity index (χ2v) is 8.89. The molecular formula is C20H21N3O4S2. The van der Waals surface area contributed by atoms with E-state index in [2.05, 4.69) is 10.3 Å². The molecule has 1 aromatic carbocycles. The van der Waals surface area contributed by atoms with E-state index in [0.717, 1.165) is 31.3 Å². The molecule has 1 aliphatic heterocycles. The molecule has 4 rings (SSSR count). The molecule has 3 aromatic rings. The Balaban J connectivity index is 1.46. The van der Waals surface area contributed by atoms with Gasteiger partial charge in [0.15, 0.2) is 0 Å². The van der Waals surface area contributed by atoms with Crippen molar-refractivity contribution in [3.8, 4) is 5.75 Å². The van der Waals surface area contributed by atoms with Crippen molar-refractivity contribution in [1.29, 1.82) is 0 Å². The third kappa shape index (κ3) is 4.20. The van der Waals surface area contributed by atoms with Gasteiger partial charge in [0, 0.05) is 28.1 Å². The number of thiazole rings is 1. The number of nitrogens with one attached hydrogen (secondary N) is 1. The van der Waals surface area contributed by atoms with E-state index in [4.69, 9.17) is 9.47 Å². The number of carbonyl (C=O) groups excluding carboxylic acids is 2. The van der Waals surface area contributed by atoms with Crippen LogP contribution in [0.1, 0.15) is 25.8 Å². The van der Waals surface area contributed by atoms with Crippen LogP contribution in [0.25, 0.3) is 10.1 Å². The average Bonchev–Trinajstić information content (AvgIpc) is 3.38. The number of rotatable bonds is 7. The van der Waals surface area contributed by atoms with E-state index >= 15 is 0 Å². The van der Waals surface area contributed by atoms with Crippen LogP contribution >= 0.6 is 22.7 Å². The highest BCUT2D eigenvalue weighted by Gasteiger charge is 2.22. The third-order valence-electron chi connectivity index (χ3n) is 4.79. The highest BCUT2D eigenvalue weighted by Crippen LogP contribution is 2.33. The first kappa shape index (κ1) is 19.7. The zero-order chi connectivity index (χ0) is 20.4. The van der Waals surface area contributed by atoms with Crippen LogP contribution in [-0.4, -0.2) is 48.1 Å². The predicted octanol–water partition coefficient (Wildman–Crippen LogP) is 3.74. The number of cyclic esters (lactones) is 1. The lowest BCUT2D eigenvalue weighted by atomic mass is 10.1. The number of hydrogen-bond donors (Lipinski definition) is 1. The Morgan fingerprint density at radius 2 is 2.24 bits per heavy atom. The summed E-state index contributed by atoms with van der Waals surface area (Å²) in [5.74, 6) is 0.578. The Bertz CT molecular complexity index is 1060. The summed E-state index contributed by atoms with van der Waals surface area (Å²) in [6.07, 6.45) is -0.325. The molecule has 1 fully saturated rings. The fourth-order valence-electron chi connectivity index (χ4n) is 3.21. The summed E-state index contributed by atoms with van der Waals surface area (Å²) in [5.41, 5.74) is 3.45. The van der Waals surface area contributed by atoms with Crippen molar-refractivity contribution in [2.75, 3.05) is 26.2 Å². The van der Waals surface area contributed by atoms with E-state index in [-0.39, 0.29) is 12.0 Å². The quantitative estimate of drug-likeness (QED) is 0.616. The van der Waals surface area contributed by atoms with Crippen LogP contribution in [0, 0.1) is 13.8 Å². The van der Waals surface area contributed by atoms with Gasteiger partial charge in [-0.25, -0.2) is 9.78 Å². The average molecular weight is 432 g/mol. The first-order valence-electron chi connectivity index (χ1n) is 9.27. The lowest BCUT2D eigenvalue weighted by Gasteiger charge is -2.13. The maximum absolute atomic E-state index is 12.8. The summed E-state index contributed by atoms with van der Waals surface area (Å²) in [5, 5.41) is 3.80.